The van der Waals surface area contributed by atoms with Crippen molar-refractivity contribution in [3.05, 3.63) is 0 Å². The number of aliphatic carboxylic acids is 1. The third kappa shape index (κ3) is 7.60. The largest absolute Gasteiger partial charge is 0.481 e. The Morgan fingerprint density at radius 3 is 2.12 bits per heavy atom. The SMILES string of the molecule is CC(C)CCN(C)C(=O)N(C)CCCC(=O)O. The van der Waals surface area contributed by atoms with Gasteiger partial charge in [0.1, 0.15) is 0 Å². The van der Waals surface area contributed by atoms with Crippen LogP contribution in [0.3, 0.4) is 0 Å². The van der Waals surface area contributed by atoms with Gasteiger partial charge in [0.25, 0.3) is 0 Å². The smallest absolute Gasteiger partial charge is 0.319 e. The van der Waals surface area contributed by atoms with Crippen molar-refractivity contribution in [1.82, 2.24) is 9.80 Å². The maximum atomic E-state index is 11.8. The molecule has 0 aliphatic heterocycles. The van der Waals surface area contributed by atoms with Gasteiger partial charge >= 0.3 is 12.0 Å². The molecule has 0 aromatic rings. The van der Waals surface area contributed by atoms with Crippen molar-refractivity contribution < 1.29 is 14.7 Å². The number of carbonyl (C=O) groups is 2. The summed E-state index contributed by atoms with van der Waals surface area (Å²) in [5.74, 6) is -0.249. The molecule has 0 aromatic carbocycles. The predicted molar refractivity (Wildman–Crippen MR) is 67.0 cm³/mol. The molecule has 0 aliphatic rings. The number of hydrogen-bond donors (Lipinski definition) is 1. The maximum absolute atomic E-state index is 11.8. The number of carboxylic acid groups (broad SMARTS) is 1. The van der Waals surface area contributed by atoms with Crippen molar-refractivity contribution in [2.45, 2.75) is 33.1 Å². The Balaban J connectivity index is 3.90. The van der Waals surface area contributed by atoms with E-state index >= 15 is 0 Å². The molecule has 0 radical (unpaired) electrons. The van der Waals surface area contributed by atoms with Crippen molar-refractivity contribution >= 4 is 12.0 Å². The minimum atomic E-state index is -0.820. The van der Waals surface area contributed by atoms with Gasteiger partial charge < -0.3 is 14.9 Å². The van der Waals surface area contributed by atoms with Crippen LogP contribution in [0.25, 0.3) is 0 Å². The van der Waals surface area contributed by atoms with Crippen LogP contribution in [0.5, 0.6) is 0 Å². The highest BCUT2D eigenvalue weighted by molar-refractivity contribution is 5.73. The van der Waals surface area contributed by atoms with Crippen molar-refractivity contribution in [1.29, 1.82) is 0 Å². The minimum absolute atomic E-state index is 0.0453. The minimum Gasteiger partial charge on any atom is -0.481 e. The lowest BCUT2D eigenvalue weighted by molar-refractivity contribution is -0.137. The van der Waals surface area contributed by atoms with Gasteiger partial charge in [-0.05, 0) is 18.8 Å². The second kappa shape index (κ2) is 7.92. The van der Waals surface area contributed by atoms with Crippen LogP contribution in [0.4, 0.5) is 4.79 Å². The zero-order valence-electron chi connectivity index (χ0n) is 11.3. The van der Waals surface area contributed by atoms with E-state index in [9.17, 15) is 9.59 Å². The fourth-order valence-electron chi connectivity index (χ4n) is 1.40. The van der Waals surface area contributed by atoms with E-state index in [4.69, 9.17) is 5.11 Å². The second-order valence-corrected chi connectivity index (χ2v) is 4.81. The molecule has 0 saturated carbocycles. The van der Waals surface area contributed by atoms with Gasteiger partial charge in [0.05, 0.1) is 0 Å². The van der Waals surface area contributed by atoms with Gasteiger partial charge in [-0.25, -0.2) is 4.79 Å². The lowest BCUT2D eigenvalue weighted by Gasteiger charge is -2.25. The van der Waals surface area contributed by atoms with Gasteiger partial charge in [-0.15, -0.1) is 0 Å². The summed E-state index contributed by atoms with van der Waals surface area (Å²) in [4.78, 5) is 25.4. The Kier molecular flexibility index (Phi) is 7.34. The summed E-state index contributed by atoms with van der Waals surface area (Å²) in [6.07, 6.45) is 1.58. The zero-order valence-corrected chi connectivity index (χ0v) is 11.3. The van der Waals surface area contributed by atoms with Crippen LogP contribution >= 0.6 is 0 Å². The molecule has 2 amide bonds. The first kappa shape index (κ1) is 15.7. The van der Waals surface area contributed by atoms with Crippen LogP contribution in [0, 0.1) is 5.92 Å². The monoisotopic (exact) mass is 244 g/mol. The Morgan fingerprint density at radius 1 is 1.12 bits per heavy atom. The van der Waals surface area contributed by atoms with Gasteiger partial charge in [-0.3, -0.25) is 4.79 Å². The predicted octanol–water partition coefficient (Wildman–Crippen LogP) is 1.88. The molecule has 0 fully saturated rings. The number of urea groups is 1. The number of hydrogen-bond acceptors (Lipinski definition) is 2. The van der Waals surface area contributed by atoms with E-state index in [1.807, 2.05) is 0 Å². The molecule has 1 N–H and O–H groups in total. The Morgan fingerprint density at radius 2 is 1.65 bits per heavy atom. The van der Waals surface area contributed by atoms with E-state index < -0.39 is 5.97 Å². The first-order valence-electron chi connectivity index (χ1n) is 6.02. The highest BCUT2D eigenvalue weighted by Crippen LogP contribution is 2.03. The van der Waals surface area contributed by atoms with E-state index in [1.165, 1.54) is 0 Å². The van der Waals surface area contributed by atoms with Crippen LogP contribution in [-0.4, -0.2) is 54.1 Å². The molecule has 0 aliphatic carbocycles. The van der Waals surface area contributed by atoms with Gasteiger partial charge in [-0.1, -0.05) is 13.8 Å². The summed E-state index contributed by atoms with van der Waals surface area (Å²) in [5.41, 5.74) is 0. The molecule has 17 heavy (non-hydrogen) atoms. The first-order chi connectivity index (χ1) is 7.84. The molecule has 0 unspecified atom stereocenters. The highest BCUT2D eigenvalue weighted by atomic mass is 16.4. The second-order valence-electron chi connectivity index (χ2n) is 4.81. The van der Waals surface area contributed by atoms with Crippen LogP contribution in [0.15, 0.2) is 0 Å². The van der Waals surface area contributed by atoms with Crippen LogP contribution in [0.2, 0.25) is 0 Å². The van der Waals surface area contributed by atoms with E-state index in [1.54, 1.807) is 23.9 Å². The molecule has 0 heterocycles. The molecule has 0 bridgehead atoms. The number of carbonyl (C=O) groups excluding carboxylic acids is 1. The van der Waals surface area contributed by atoms with Crippen LogP contribution in [-0.2, 0) is 4.79 Å². The summed E-state index contributed by atoms with van der Waals surface area (Å²) >= 11 is 0. The van der Waals surface area contributed by atoms with Crippen LogP contribution in [0.1, 0.15) is 33.1 Å². The average Bonchev–Trinajstić information content (AvgIpc) is 2.24. The summed E-state index contributed by atoms with van der Waals surface area (Å²) in [6, 6.07) is -0.0453. The summed E-state index contributed by atoms with van der Waals surface area (Å²) in [6.45, 7) is 5.46. The molecule has 5 nitrogen and oxygen atoms in total. The van der Waals surface area contributed by atoms with Crippen molar-refractivity contribution in [2.24, 2.45) is 5.92 Å². The van der Waals surface area contributed by atoms with Crippen molar-refractivity contribution in [3.63, 3.8) is 0 Å². The molecule has 0 rings (SSSR count). The number of carboxylic acids is 1. The normalized spacial score (nSPS) is 10.4. The lowest BCUT2D eigenvalue weighted by Crippen LogP contribution is -2.40. The third-order valence-corrected chi connectivity index (χ3v) is 2.58. The summed E-state index contributed by atoms with van der Waals surface area (Å²) in [7, 11) is 3.48. The molecular weight excluding hydrogens is 220 g/mol. The van der Waals surface area contributed by atoms with Crippen molar-refractivity contribution in [2.75, 3.05) is 27.2 Å². The molecule has 5 heteroatoms. The Hall–Kier alpha value is -1.26. The topological polar surface area (TPSA) is 60.9 Å². The Bertz CT molecular complexity index is 254. The van der Waals surface area contributed by atoms with Crippen LogP contribution < -0.4 is 0 Å². The molecule has 100 valence electrons. The summed E-state index contributed by atoms with van der Waals surface area (Å²) < 4.78 is 0. The number of amides is 2. The van der Waals surface area contributed by atoms with Gasteiger partial charge in [0.2, 0.25) is 0 Å². The molecule has 0 saturated heterocycles. The third-order valence-electron chi connectivity index (χ3n) is 2.58. The summed E-state index contributed by atoms with van der Waals surface area (Å²) in [5, 5.41) is 8.51. The van der Waals surface area contributed by atoms with E-state index in [0.29, 0.717) is 18.9 Å². The van der Waals surface area contributed by atoms with Gasteiger partial charge in [0.15, 0.2) is 0 Å². The Labute approximate surface area is 103 Å². The number of rotatable bonds is 7. The van der Waals surface area contributed by atoms with E-state index in [0.717, 1.165) is 13.0 Å². The fraction of sp³-hybridized carbons (Fsp3) is 0.833. The first-order valence-corrected chi connectivity index (χ1v) is 6.02. The zero-order chi connectivity index (χ0) is 13.4. The van der Waals surface area contributed by atoms with Crippen molar-refractivity contribution in [3.8, 4) is 0 Å². The van der Waals surface area contributed by atoms with E-state index in [-0.39, 0.29) is 12.5 Å². The fourth-order valence-corrected chi connectivity index (χ4v) is 1.40. The van der Waals surface area contributed by atoms with E-state index in [2.05, 4.69) is 13.8 Å². The maximum Gasteiger partial charge on any atom is 0.319 e. The number of nitrogens with zero attached hydrogens (tertiary/aromatic N) is 2. The lowest BCUT2D eigenvalue weighted by atomic mass is 10.1. The quantitative estimate of drug-likeness (QED) is 0.744. The average molecular weight is 244 g/mol. The van der Waals surface area contributed by atoms with Gasteiger partial charge in [0, 0.05) is 33.6 Å². The standard InChI is InChI=1S/C12H24N2O3/c1-10(2)7-9-14(4)12(17)13(3)8-5-6-11(15)16/h10H,5-9H2,1-4H3,(H,15,16). The van der Waals surface area contributed by atoms with Gasteiger partial charge in [-0.2, -0.15) is 0 Å². The molecular formula is C12H24N2O3. The highest BCUT2D eigenvalue weighted by Gasteiger charge is 2.14. The molecule has 0 spiro atoms. The molecule has 0 atom stereocenters. The molecule has 0 aromatic heterocycles.